The van der Waals surface area contributed by atoms with E-state index in [0.717, 1.165) is 31.9 Å². The van der Waals surface area contributed by atoms with Gasteiger partial charge in [0.1, 0.15) is 12.4 Å². The summed E-state index contributed by atoms with van der Waals surface area (Å²) in [6.45, 7) is 5.09. The molecule has 6 nitrogen and oxygen atoms in total. The highest BCUT2D eigenvalue weighted by molar-refractivity contribution is 5.77. The normalized spacial score (nSPS) is 30.6. The second kappa shape index (κ2) is 8.23. The van der Waals surface area contributed by atoms with Crippen LogP contribution in [0.3, 0.4) is 0 Å². The van der Waals surface area contributed by atoms with Gasteiger partial charge in [-0.15, -0.1) is 0 Å². The summed E-state index contributed by atoms with van der Waals surface area (Å²) in [5.41, 5.74) is 2.52. The molecule has 5 rings (SSSR count). The molecule has 27 heavy (non-hydrogen) atoms. The third kappa shape index (κ3) is 4.16. The maximum absolute atomic E-state index is 11.7. The lowest BCUT2D eigenvalue weighted by Crippen LogP contribution is -2.56. The summed E-state index contributed by atoms with van der Waals surface area (Å²) in [4.78, 5) is 23.9. The van der Waals surface area contributed by atoms with Gasteiger partial charge in [0, 0.05) is 49.5 Å². The molecule has 1 aromatic rings. The number of methoxy groups -OCH3 is 1. The smallest absolute Gasteiger partial charge is 0.246 e. The zero-order chi connectivity index (χ0) is 18.8. The van der Waals surface area contributed by atoms with Gasteiger partial charge in [0.15, 0.2) is 0 Å². The molecule has 4 fully saturated rings. The van der Waals surface area contributed by atoms with Crippen molar-refractivity contribution < 1.29 is 9.53 Å². The third-order valence-electron chi connectivity index (χ3n) is 6.72. The zero-order valence-electron chi connectivity index (χ0n) is 16.6. The number of carbonyl (C=O) groups excluding carboxylic acids is 1. The standard InChI is InChI=1S/C21H32N4O2/c1-14-23-19(15-5-3-4-6-15)10-20(24-14)18-12-25-8-7-16(18)9-17(25)11-22-21(26)13-27-2/h10,15-18H,3-9,11-13H2,1-2H3,(H,22,26)/t16-,17+,18-/m0/s1. The van der Waals surface area contributed by atoms with Gasteiger partial charge in [0.05, 0.1) is 0 Å². The SMILES string of the molecule is COCC(=O)NC[C@H]1C[C@@H]2CCN1C[C@@H]2c1cc(C2CCCC2)nc(C)n1. The van der Waals surface area contributed by atoms with Crippen LogP contribution < -0.4 is 5.32 Å². The molecule has 1 saturated carbocycles. The summed E-state index contributed by atoms with van der Waals surface area (Å²) in [5, 5.41) is 3.02. The van der Waals surface area contributed by atoms with Crippen LogP contribution >= 0.6 is 0 Å². The molecule has 148 valence electrons. The fourth-order valence-electron chi connectivity index (χ4n) is 5.33. The largest absolute Gasteiger partial charge is 0.375 e. The van der Waals surface area contributed by atoms with Crippen molar-refractivity contribution >= 4 is 5.91 Å². The van der Waals surface area contributed by atoms with Gasteiger partial charge in [-0.3, -0.25) is 9.69 Å². The van der Waals surface area contributed by atoms with Crippen molar-refractivity contribution in [2.45, 2.75) is 63.3 Å². The van der Waals surface area contributed by atoms with Gasteiger partial charge in [0.2, 0.25) is 5.91 Å². The van der Waals surface area contributed by atoms with Crippen molar-refractivity contribution in [2.75, 3.05) is 33.4 Å². The fraction of sp³-hybridized carbons (Fsp3) is 0.762. The predicted molar refractivity (Wildman–Crippen MR) is 104 cm³/mol. The molecule has 4 heterocycles. The fourth-order valence-corrected chi connectivity index (χ4v) is 5.33. The van der Waals surface area contributed by atoms with E-state index in [9.17, 15) is 4.79 Å². The van der Waals surface area contributed by atoms with Crippen LogP contribution in [0.25, 0.3) is 0 Å². The summed E-state index contributed by atoms with van der Waals surface area (Å²) in [6, 6.07) is 2.75. The minimum atomic E-state index is -0.0238. The highest BCUT2D eigenvalue weighted by Gasteiger charge is 2.41. The second-order valence-electron chi connectivity index (χ2n) is 8.52. The van der Waals surface area contributed by atoms with Gasteiger partial charge in [-0.25, -0.2) is 9.97 Å². The van der Waals surface area contributed by atoms with E-state index in [4.69, 9.17) is 14.7 Å². The second-order valence-corrected chi connectivity index (χ2v) is 8.52. The topological polar surface area (TPSA) is 67.3 Å². The molecule has 1 aliphatic carbocycles. The number of nitrogens with one attached hydrogen (secondary N) is 1. The van der Waals surface area contributed by atoms with Crippen LogP contribution in [0, 0.1) is 12.8 Å². The molecule has 2 bridgehead atoms. The van der Waals surface area contributed by atoms with Crippen molar-refractivity contribution in [1.82, 2.24) is 20.2 Å². The van der Waals surface area contributed by atoms with E-state index >= 15 is 0 Å². The number of amides is 1. The summed E-state index contributed by atoms with van der Waals surface area (Å²) in [5.74, 6) is 2.70. The molecule has 1 N–H and O–H groups in total. The zero-order valence-corrected chi connectivity index (χ0v) is 16.6. The number of aryl methyl sites for hydroxylation is 1. The average molecular weight is 373 g/mol. The summed E-state index contributed by atoms with van der Waals surface area (Å²) in [7, 11) is 1.56. The Balaban J connectivity index is 1.44. The number of piperidine rings is 3. The molecule has 3 saturated heterocycles. The van der Waals surface area contributed by atoms with Crippen LogP contribution in [0.1, 0.15) is 67.6 Å². The lowest BCUT2D eigenvalue weighted by atomic mass is 9.74. The molecule has 4 atom stereocenters. The van der Waals surface area contributed by atoms with Crippen LogP contribution in [0.2, 0.25) is 0 Å². The quantitative estimate of drug-likeness (QED) is 0.830. The van der Waals surface area contributed by atoms with Gasteiger partial charge >= 0.3 is 0 Å². The first kappa shape index (κ1) is 18.8. The molecule has 0 spiro atoms. The van der Waals surface area contributed by atoms with Crippen LogP contribution in [0.4, 0.5) is 0 Å². The Hall–Kier alpha value is -1.53. The van der Waals surface area contributed by atoms with Gasteiger partial charge in [-0.2, -0.15) is 0 Å². The lowest BCUT2D eigenvalue weighted by Gasteiger charge is -2.49. The number of fused-ring (bicyclic) bond motifs is 3. The third-order valence-corrected chi connectivity index (χ3v) is 6.72. The van der Waals surface area contributed by atoms with Crippen LogP contribution in [0.5, 0.6) is 0 Å². The highest BCUT2D eigenvalue weighted by Crippen LogP contribution is 2.42. The lowest BCUT2D eigenvalue weighted by molar-refractivity contribution is -0.125. The summed E-state index contributed by atoms with van der Waals surface area (Å²) < 4.78 is 4.91. The molecule has 6 heteroatoms. The van der Waals surface area contributed by atoms with Crippen LogP contribution in [-0.4, -0.2) is 60.2 Å². The minimum absolute atomic E-state index is 0.0238. The van der Waals surface area contributed by atoms with Crippen molar-refractivity contribution in [3.8, 4) is 0 Å². The van der Waals surface area contributed by atoms with E-state index in [1.165, 1.54) is 43.5 Å². The van der Waals surface area contributed by atoms with E-state index in [1.54, 1.807) is 7.11 Å². The average Bonchev–Trinajstić information content (AvgIpc) is 3.21. The highest BCUT2D eigenvalue weighted by atomic mass is 16.5. The number of nitrogens with zero attached hydrogens (tertiary/aromatic N) is 3. The first-order valence-electron chi connectivity index (χ1n) is 10.5. The predicted octanol–water partition coefficient (Wildman–Crippen LogP) is 2.38. The van der Waals surface area contributed by atoms with E-state index < -0.39 is 0 Å². The Kier molecular flexibility index (Phi) is 5.74. The molecular weight excluding hydrogens is 340 g/mol. The van der Waals surface area contributed by atoms with E-state index in [2.05, 4.69) is 16.3 Å². The summed E-state index contributed by atoms with van der Waals surface area (Å²) in [6.07, 6.45) is 7.59. The van der Waals surface area contributed by atoms with Crippen molar-refractivity contribution in [3.05, 3.63) is 23.3 Å². The van der Waals surface area contributed by atoms with Crippen LogP contribution in [0.15, 0.2) is 6.07 Å². The maximum atomic E-state index is 11.7. The van der Waals surface area contributed by atoms with Crippen molar-refractivity contribution in [1.29, 1.82) is 0 Å². The molecule has 4 aliphatic rings. The Bertz CT molecular complexity index is 674. The number of rotatable bonds is 6. The van der Waals surface area contributed by atoms with E-state index in [-0.39, 0.29) is 12.5 Å². The Labute approximate surface area is 162 Å². The molecule has 1 amide bonds. The molecule has 1 unspecified atom stereocenters. The first-order chi connectivity index (χ1) is 13.1. The van der Waals surface area contributed by atoms with Crippen molar-refractivity contribution in [2.24, 2.45) is 5.92 Å². The monoisotopic (exact) mass is 372 g/mol. The van der Waals surface area contributed by atoms with Gasteiger partial charge in [0.25, 0.3) is 0 Å². The van der Waals surface area contributed by atoms with Gasteiger partial charge in [-0.05, 0) is 51.1 Å². The minimum Gasteiger partial charge on any atom is -0.375 e. The van der Waals surface area contributed by atoms with Crippen LogP contribution in [-0.2, 0) is 9.53 Å². The Morgan fingerprint density at radius 3 is 2.74 bits per heavy atom. The summed E-state index contributed by atoms with van der Waals surface area (Å²) >= 11 is 0. The number of carbonyl (C=O) groups is 1. The maximum Gasteiger partial charge on any atom is 0.246 e. The Morgan fingerprint density at radius 2 is 2.04 bits per heavy atom. The van der Waals surface area contributed by atoms with Crippen molar-refractivity contribution in [3.63, 3.8) is 0 Å². The number of ether oxygens (including phenoxy) is 1. The van der Waals surface area contributed by atoms with Gasteiger partial charge in [-0.1, -0.05) is 12.8 Å². The number of hydrogen-bond donors (Lipinski definition) is 1. The molecule has 3 aliphatic heterocycles. The molecule has 0 radical (unpaired) electrons. The number of hydrogen-bond acceptors (Lipinski definition) is 5. The molecule has 1 aromatic heterocycles. The first-order valence-corrected chi connectivity index (χ1v) is 10.5. The van der Waals surface area contributed by atoms with Gasteiger partial charge < -0.3 is 10.1 Å². The number of aromatic nitrogens is 2. The van der Waals surface area contributed by atoms with E-state index in [1.807, 2.05) is 6.92 Å². The Morgan fingerprint density at radius 1 is 1.26 bits per heavy atom. The molecule has 0 aromatic carbocycles. The van der Waals surface area contributed by atoms with E-state index in [0.29, 0.717) is 23.8 Å². The molecular formula is C21H32N4O2.